The van der Waals surface area contributed by atoms with Gasteiger partial charge in [0.05, 0.1) is 33.7 Å². The number of thiophene rings is 1. The molecule has 0 saturated carbocycles. The van der Waals surface area contributed by atoms with Crippen LogP contribution in [-0.2, 0) is 9.53 Å². The number of cyclic esters (lactones) is 1. The number of nitrogens with one attached hydrogen (secondary N) is 3. The van der Waals surface area contributed by atoms with Crippen LogP contribution in [0.1, 0.15) is 23.0 Å². The van der Waals surface area contributed by atoms with Crippen molar-refractivity contribution >= 4 is 57.9 Å². The van der Waals surface area contributed by atoms with Gasteiger partial charge in [-0.25, -0.2) is 4.79 Å². The molecule has 0 spiro atoms. The molecule has 166 valence electrons. The van der Waals surface area contributed by atoms with E-state index >= 15 is 0 Å². The van der Waals surface area contributed by atoms with Gasteiger partial charge in [-0.2, -0.15) is 0 Å². The van der Waals surface area contributed by atoms with Crippen molar-refractivity contribution in [3.05, 3.63) is 39.5 Å². The van der Waals surface area contributed by atoms with Gasteiger partial charge < -0.3 is 25.8 Å². The summed E-state index contributed by atoms with van der Waals surface area (Å²) in [5.74, 6) is -0.529. The van der Waals surface area contributed by atoms with Gasteiger partial charge in [-0.05, 0) is 36.8 Å². The van der Waals surface area contributed by atoms with Crippen LogP contribution in [-0.4, -0.2) is 55.4 Å². The Labute approximate surface area is 188 Å². The van der Waals surface area contributed by atoms with Crippen LogP contribution in [0.3, 0.4) is 0 Å². The topological polar surface area (TPSA) is 120 Å². The predicted molar refractivity (Wildman–Crippen MR) is 120 cm³/mol. The van der Waals surface area contributed by atoms with Gasteiger partial charge in [0.25, 0.3) is 5.91 Å². The Kier molecular flexibility index (Phi) is 7.72. The molecule has 2 heterocycles. The van der Waals surface area contributed by atoms with Crippen LogP contribution in [0.4, 0.5) is 21.9 Å². The van der Waals surface area contributed by atoms with Crippen LogP contribution >= 0.6 is 22.9 Å². The Hall–Kier alpha value is -2.82. The fourth-order valence-electron chi connectivity index (χ4n) is 3.02. The molecule has 11 heteroatoms. The average molecular weight is 467 g/mol. The normalized spacial score (nSPS) is 15.5. The number of rotatable bonds is 9. The first-order valence-electron chi connectivity index (χ1n) is 9.65. The molecule has 1 fully saturated rings. The summed E-state index contributed by atoms with van der Waals surface area (Å²) in [6, 6.07) is 8.45. The minimum absolute atomic E-state index is 0.0532. The molecule has 1 atom stereocenters. The lowest BCUT2D eigenvalue weighted by Gasteiger charge is -2.18. The van der Waals surface area contributed by atoms with E-state index in [0.29, 0.717) is 39.2 Å². The Morgan fingerprint density at radius 3 is 2.77 bits per heavy atom. The largest absolute Gasteiger partial charge is 0.442 e. The minimum atomic E-state index is -0.534. The van der Waals surface area contributed by atoms with Crippen molar-refractivity contribution in [2.75, 3.05) is 41.8 Å². The van der Waals surface area contributed by atoms with Crippen molar-refractivity contribution in [2.24, 2.45) is 0 Å². The number of anilines is 3. The third-order valence-corrected chi connectivity index (χ3v) is 5.67. The van der Waals surface area contributed by atoms with E-state index in [0.717, 1.165) is 0 Å². The molecule has 3 amide bonds. The molecule has 0 aliphatic carbocycles. The van der Waals surface area contributed by atoms with Gasteiger partial charge in [0, 0.05) is 25.8 Å². The number of nitrogens with zero attached hydrogens (tertiary/aromatic N) is 1. The minimum Gasteiger partial charge on any atom is -0.442 e. The quantitative estimate of drug-likeness (QED) is 0.422. The maximum Gasteiger partial charge on any atom is 0.414 e. The Bertz CT molecular complexity index is 967. The summed E-state index contributed by atoms with van der Waals surface area (Å²) in [5, 5.41) is 17.6. The van der Waals surface area contributed by atoms with Gasteiger partial charge >= 0.3 is 6.09 Å². The smallest absolute Gasteiger partial charge is 0.414 e. The van der Waals surface area contributed by atoms with Crippen molar-refractivity contribution in [3.63, 3.8) is 0 Å². The molecule has 1 aromatic heterocycles. The number of hydrogen-bond acceptors (Lipinski definition) is 7. The zero-order valence-electron chi connectivity index (χ0n) is 16.8. The molecule has 0 bridgehead atoms. The van der Waals surface area contributed by atoms with Gasteiger partial charge in [0.15, 0.2) is 0 Å². The van der Waals surface area contributed by atoms with E-state index in [9.17, 15) is 14.4 Å². The fourth-order valence-corrected chi connectivity index (χ4v) is 3.98. The van der Waals surface area contributed by atoms with Crippen molar-refractivity contribution < 1.29 is 24.2 Å². The summed E-state index contributed by atoms with van der Waals surface area (Å²) in [6.45, 7) is 2.40. The zero-order chi connectivity index (χ0) is 22.4. The average Bonchev–Trinajstić information content (AvgIpc) is 3.32. The molecule has 2 aromatic rings. The van der Waals surface area contributed by atoms with Crippen LogP contribution < -0.4 is 20.9 Å². The highest BCUT2D eigenvalue weighted by Gasteiger charge is 2.33. The summed E-state index contributed by atoms with van der Waals surface area (Å²) in [5.41, 5.74) is 1.75. The molecular formula is C20H23ClN4O5S. The molecule has 1 aliphatic heterocycles. The van der Waals surface area contributed by atoms with E-state index < -0.39 is 12.2 Å². The molecule has 1 unspecified atom stereocenters. The Balaban J connectivity index is 1.65. The standard InChI is InChI=1S/C20H23ClN4O5S/c1-12(27)24-16-9-13(3-4-15(16)22-7-2-8-26)25-11-14(30-20(25)29)10-23-19(28)17-5-6-18(21)31-17/h3-6,9,14,22,26H,2,7-8,10-11H2,1H3,(H,23,28)(H,24,27). The predicted octanol–water partition coefficient (Wildman–Crippen LogP) is 2.91. The van der Waals surface area contributed by atoms with Gasteiger partial charge in [-0.3, -0.25) is 14.5 Å². The number of aliphatic hydroxyl groups excluding tert-OH is 1. The van der Waals surface area contributed by atoms with Crippen molar-refractivity contribution in [2.45, 2.75) is 19.4 Å². The maximum absolute atomic E-state index is 12.4. The summed E-state index contributed by atoms with van der Waals surface area (Å²) < 4.78 is 5.89. The van der Waals surface area contributed by atoms with Crippen molar-refractivity contribution in [1.29, 1.82) is 0 Å². The number of amides is 3. The van der Waals surface area contributed by atoms with Gasteiger partial charge in [0.2, 0.25) is 5.91 Å². The summed E-state index contributed by atoms with van der Waals surface area (Å²) >= 11 is 7.02. The number of carbonyl (C=O) groups is 3. The molecule has 4 N–H and O–H groups in total. The van der Waals surface area contributed by atoms with Crippen molar-refractivity contribution in [1.82, 2.24) is 5.32 Å². The van der Waals surface area contributed by atoms with Gasteiger partial charge in [-0.1, -0.05) is 11.6 Å². The lowest BCUT2D eigenvalue weighted by atomic mass is 10.2. The van der Waals surface area contributed by atoms with E-state index in [-0.39, 0.29) is 31.5 Å². The first-order chi connectivity index (χ1) is 14.9. The summed E-state index contributed by atoms with van der Waals surface area (Å²) in [7, 11) is 0. The van der Waals surface area contributed by atoms with E-state index in [1.165, 1.54) is 23.2 Å². The zero-order valence-corrected chi connectivity index (χ0v) is 18.4. The maximum atomic E-state index is 12.4. The van der Waals surface area contributed by atoms with Gasteiger partial charge in [-0.15, -0.1) is 11.3 Å². The van der Waals surface area contributed by atoms with E-state index in [4.69, 9.17) is 21.4 Å². The number of carbonyl (C=O) groups excluding carboxylic acids is 3. The second-order valence-corrected chi connectivity index (χ2v) is 8.56. The molecule has 1 aliphatic rings. The number of aliphatic hydroxyl groups is 1. The second kappa shape index (κ2) is 10.5. The fraction of sp³-hybridized carbons (Fsp3) is 0.350. The highest BCUT2D eigenvalue weighted by atomic mass is 35.5. The molecule has 1 aromatic carbocycles. The Morgan fingerprint density at radius 1 is 1.29 bits per heavy atom. The highest BCUT2D eigenvalue weighted by Crippen LogP contribution is 2.30. The van der Waals surface area contributed by atoms with Crippen molar-refractivity contribution in [3.8, 4) is 0 Å². The van der Waals surface area contributed by atoms with Gasteiger partial charge in [0.1, 0.15) is 6.10 Å². The molecular weight excluding hydrogens is 444 g/mol. The molecule has 9 nitrogen and oxygen atoms in total. The lowest BCUT2D eigenvalue weighted by Crippen LogP contribution is -2.34. The number of halogens is 1. The van der Waals surface area contributed by atoms with Crippen LogP contribution in [0, 0.1) is 0 Å². The SMILES string of the molecule is CC(=O)Nc1cc(N2CC(CNC(=O)c3ccc(Cl)s3)OC2=O)ccc1NCCCO. The third kappa shape index (κ3) is 6.09. The van der Waals surface area contributed by atoms with Crippen LogP contribution in [0.15, 0.2) is 30.3 Å². The molecule has 0 radical (unpaired) electrons. The Morgan fingerprint density at radius 2 is 2.10 bits per heavy atom. The first kappa shape index (κ1) is 22.9. The number of benzene rings is 1. The van der Waals surface area contributed by atoms with Crippen LogP contribution in [0.5, 0.6) is 0 Å². The third-order valence-electron chi connectivity index (χ3n) is 4.44. The molecule has 3 rings (SSSR count). The van der Waals surface area contributed by atoms with Crippen LogP contribution in [0.2, 0.25) is 4.34 Å². The second-order valence-electron chi connectivity index (χ2n) is 6.85. The lowest BCUT2D eigenvalue weighted by molar-refractivity contribution is -0.114. The summed E-state index contributed by atoms with van der Waals surface area (Å²) in [6.07, 6.45) is -0.489. The highest BCUT2D eigenvalue weighted by molar-refractivity contribution is 7.18. The monoisotopic (exact) mass is 466 g/mol. The summed E-state index contributed by atoms with van der Waals surface area (Å²) in [4.78, 5) is 38.0. The number of hydrogen-bond donors (Lipinski definition) is 4. The number of ether oxygens (including phenoxy) is 1. The van der Waals surface area contributed by atoms with E-state index in [2.05, 4.69) is 16.0 Å². The van der Waals surface area contributed by atoms with E-state index in [1.807, 2.05) is 0 Å². The first-order valence-corrected chi connectivity index (χ1v) is 10.8. The molecule has 31 heavy (non-hydrogen) atoms. The van der Waals surface area contributed by atoms with E-state index in [1.54, 1.807) is 30.3 Å². The molecule has 1 saturated heterocycles. The van der Waals surface area contributed by atoms with Crippen LogP contribution in [0.25, 0.3) is 0 Å².